The number of rotatable bonds is 7. The van der Waals surface area contributed by atoms with Crippen LogP contribution < -0.4 is 10.1 Å². The zero-order valence-electron chi connectivity index (χ0n) is 16.0. The molecule has 0 bridgehead atoms. The summed E-state index contributed by atoms with van der Waals surface area (Å²) in [7, 11) is 1.65. The summed E-state index contributed by atoms with van der Waals surface area (Å²) in [6, 6.07) is 17.9. The van der Waals surface area contributed by atoms with Gasteiger partial charge in [0.2, 0.25) is 5.91 Å². The minimum atomic E-state index is 0.0160. The van der Waals surface area contributed by atoms with E-state index in [9.17, 15) is 4.79 Å². The number of hydrogen-bond acceptors (Lipinski definition) is 3. The molecule has 0 saturated carbocycles. The molecule has 140 valence electrons. The van der Waals surface area contributed by atoms with E-state index >= 15 is 0 Å². The monoisotopic (exact) mass is 363 g/mol. The highest BCUT2D eigenvalue weighted by molar-refractivity contribution is 5.79. The van der Waals surface area contributed by atoms with Crippen LogP contribution in [0.25, 0.3) is 5.69 Å². The predicted octanol–water partition coefficient (Wildman–Crippen LogP) is 3.40. The fourth-order valence-electron chi connectivity index (χ4n) is 3.11. The minimum Gasteiger partial charge on any atom is -0.497 e. The van der Waals surface area contributed by atoms with Gasteiger partial charge in [-0.15, -0.1) is 0 Å². The van der Waals surface area contributed by atoms with Crippen LogP contribution in [0, 0.1) is 13.8 Å². The first-order valence-electron chi connectivity index (χ1n) is 9.08. The molecule has 0 aliphatic rings. The molecule has 0 radical (unpaired) electrons. The number of aromatic nitrogens is 2. The molecule has 27 heavy (non-hydrogen) atoms. The number of methoxy groups -OCH3 is 1. The van der Waals surface area contributed by atoms with Gasteiger partial charge in [0, 0.05) is 17.8 Å². The van der Waals surface area contributed by atoms with Crippen molar-refractivity contribution >= 4 is 5.91 Å². The zero-order valence-corrected chi connectivity index (χ0v) is 16.0. The number of benzene rings is 2. The molecule has 2 aromatic carbocycles. The Bertz CT molecular complexity index is 899. The Labute approximate surface area is 160 Å². The second-order valence-electron chi connectivity index (χ2n) is 6.52. The third kappa shape index (κ3) is 4.56. The van der Waals surface area contributed by atoms with Crippen molar-refractivity contribution < 1.29 is 9.53 Å². The summed E-state index contributed by atoms with van der Waals surface area (Å²) >= 11 is 0. The standard InChI is InChI=1S/C22H25N3O2/c1-16-21(17(2)25(24-16)19-7-5-4-6-8-19)15-22(26)23-14-13-18-9-11-20(27-3)12-10-18/h4-12H,13-15H2,1-3H3,(H,23,26). The van der Waals surface area contributed by atoms with Gasteiger partial charge in [0.1, 0.15) is 5.75 Å². The van der Waals surface area contributed by atoms with Crippen molar-refractivity contribution in [2.45, 2.75) is 26.7 Å². The first-order valence-corrected chi connectivity index (χ1v) is 9.08. The van der Waals surface area contributed by atoms with Crippen molar-refractivity contribution in [3.05, 3.63) is 77.1 Å². The second-order valence-corrected chi connectivity index (χ2v) is 6.52. The molecule has 0 atom stereocenters. The van der Waals surface area contributed by atoms with Crippen LogP contribution in [0.4, 0.5) is 0 Å². The average molecular weight is 363 g/mol. The molecule has 0 unspecified atom stereocenters. The summed E-state index contributed by atoms with van der Waals surface area (Å²) in [5, 5.41) is 7.61. The van der Waals surface area contributed by atoms with Crippen LogP contribution in [-0.4, -0.2) is 29.3 Å². The van der Waals surface area contributed by atoms with Crippen LogP contribution in [0.3, 0.4) is 0 Å². The van der Waals surface area contributed by atoms with E-state index in [0.29, 0.717) is 13.0 Å². The van der Waals surface area contributed by atoms with Crippen LogP contribution in [0.15, 0.2) is 54.6 Å². The smallest absolute Gasteiger partial charge is 0.224 e. The van der Waals surface area contributed by atoms with Crippen molar-refractivity contribution in [2.24, 2.45) is 0 Å². The molecule has 0 aliphatic heterocycles. The maximum Gasteiger partial charge on any atom is 0.224 e. The molecule has 3 aromatic rings. The first kappa shape index (κ1) is 18.7. The molecule has 0 spiro atoms. The fourth-order valence-corrected chi connectivity index (χ4v) is 3.11. The Kier molecular flexibility index (Phi) is 5.91. The van der Waals surface area contributed by atoms with E-state index in [0.717, 1.165) is 34.8 Å². The Morgan fingerprint density at radius 2 is 1.78 bits per heavy atom. The van der Waals surface area contributed by atoms with Gasteiger partial charge in [0.05, 0.1) is 24.9 Å². The third-order valence-corrected chi connectivity index (χ3v) is 4.67. The van der Waals surface area contributed by atoms with Crippen LogP contribution in [-0.2, 0) is 17.6 Å². The minimum absolute atomic E-state index is 0.0160. The Morgan fingerprint density at radius 3 is 2.44 bits per heavy atom. The number of aryl methyl sites for hydroxylation is 1. The van der Waals surface area contributed by atoms with Gasteiger partial charge in [0.25, 0.3) is 0 Å². The summed E-state index contributed by atoms with van der Waals surface area (Å²) in [5.74, 6) is 0.853. The van der Waals surface area contributed by atoms with Crippen LogP contribution in [0.5, 0.6) is 5.75 Å². The number of ether oxygens (including phenoxy) is 1. The van der Waals surface area contributed by atoms with Gasteiger partial charge >= 0.3 is 0 Å². The van der Waals surface area contributed by atoms with Gasteiger partial charge in [-0.25, -0.2) is 4.68 Å². The normalized spacial score (nSPS) is 10.6. The summed E-state index contributed by atoms with van der Waals surface area (Å²) in [4.78, 5) is 12.4. The molecule has 0 fully saturated rings. The number of hydrogen-bond donors (Lipinski definition) is 1. The number of nitrogens with zero attached hydrogens (tertiary/aromatic N) is 2. The largest absolute Gasteiger partial charge is 0.497 e. The van der Waals surface area contributed by atoms with Gasteiger partial charge < -0.3 is 10.1 Å². The molecular weight excluding hydrogens is 338 g/mol. The van der Waals surface area contributed by atoms with Gasteiger partial charge in [-0.3, -0.25) is 4.79 Å². The van der Waals surface area contributed by atoms with Crippen molar-refractivity contribution in [1.29, 1.82) is 0 Å². The van der Waals surface area contributed by atoms with Crippen LogP contribution in [0.2, 0.25) is 0 Å². The van der Waals surface area contributed by atoms with Gasteiger partial charge in [-0.05, 0) is 50.1 Å². The van der Waals surface area contributed by atoms with Crippen LogP contribution >= 0.6 is 0 Å². The second kappa shape index (κ2) is 8.54. The molecule has 1 heterocycles. The summed E-state index contributed by atoms with van der Waals surface area (Å²) in [6.07, 6.45) is 1.13. The average Bonchev–Trinajstić information content (AvgIpc) is 2.97. The Morgan fingerprint density at radius 1 is 1.07 bits per heavy atom. The summed E-state index contributed by atoms with van der Waals surface area (Å²) < 4.78 is 7.06. The lowest BCUT2D eigenvalue weighted by Gasteiger charge is -2.07. The lowest BCUT2D eigenvalue weighted by Crippen LogP contribution is -2.27. The molecule has 1 N–H and O–H groups in total. The van der Waals surface area contributed by atoms with E-state index in [1.54, 1.807) is 7.11 Å². The SMILES string of the molecule is COc1ccc(CCNC(=O)Cc2c(C)nn(-c3ccccc3)c2C)cc1. The molecule has 5 heteroatoms. The van der Waals surface area contributed by atoms with E-state index in [4.69, 9.17) is 4.74 Å². The molecule has 5 nitrogen and oxygen atoms in total. The molecule has 0 aliphatic carbocycles. The maximum absolute atomic E-state index is 12.4. The number of nitrogens with one attached hydrogen (secondary N) is 1. The number of carbonyl (C=O) groups is 1. The summed E-state index contributed by atoms with van der Waals surface area (Å²) in [6.45, 7) is 4.56. The number of carbonyl (C=O) groups excluding carboxylic acids is 1. The fraction of sp³-hybridized carbons (Fsp3) is 0.273. The predicted molar refractivity (Wildman–Crippen MR) is 106 cm³/mol. The number of para-hydroxylation sites is 1. The molecule has 0 saturated heterocycles. The van der Waals surface area contributed by atoms with E-state index in [1.807, 2.05) is 73.1 Å². The quantitative estimate of drug-likeness (QED) is 0.700. The molecule has 3 rings (SSSR count). The molecular formula is C22H25N3O2. The van der Waals surface area contributed by atoms with E-state index in [1.165, 1.54) is 5.56 Å². The van der Waals surface area contributed by atoms with Crippen LogP contribution in [0.1, 0.15) is 22.5 Å². The van der Waals surface area contributed by atoms with Crippen molar-refractivity contribution in [1.82, 2.24) is 15.1 Å². The van der Waals surface area contributed by atoms with Crippen molar-refractivity contribution in [3.63, 3.8) is 0 Å². The lowest BCUT2D eigenvalue weighted by atomic mass is 10.1. The first-order chi connectivity index (χ1) is 13.1. The third-order valence-electron chi connectivity index (χ3n) is 4.67. The topological polar surface area (TPSA) is 56.1 Å². The highest BCUT2D eigenvalue weighted by atomic mass is 16.5. The van der Waals surface area contributed by atoms with Gasteiger partial charge in [0.15, 0.2) is 0 Å². The maximum atomic E-state index is 12.4. The molecule has 1 aromatic heterocycles. The Balaban J connectivity index is 1.58. The number of amides is 1. The highest BCUT2D eigenvalue weighted by Crippen LogP contribution is 2.18. The van der Waals surface area contributed by atoms with Crippen molar-refractivity contribution in [3.8, 4) is 11.4 Å². The van der Waals surface area contributed by atoms with Crippen molar-refractivity contribution in [2.75, 3.05) is 13.7 Å². The van der Waals surface area contributed by atoms with E-state index in [-0.39, 0.29) is 5.91 Å². The Hall–Kier alpha value is -3.08. The lowest BCUT2D eigenvalue weighted by molar-refractivity contribution is -0.120. The zero-order chi connectivity index (χ0) is 19.2. The van der Waals surface area contributed by atoms with Gasteiger partial charge in [-0.1, -0.05) is 30.3 Å². The highest BCUT2D eigenvalue weighted by Gasteiger charge is 2.15. The van der Waals surface area contributed by atoms with E-state index < -0.39 is 0 Å². The van der Waals surface area contributed by atoms with Gasteiger partial charge in [-0.2, -0.15) is 5.10 Å². The molecule has 1 amide bonds. The van der Waals surface area contributed by atoms with E-state index in [2.05, 4.69) is 10.4 Å². The summed E-state index contributed by atoms with van der Waals surface area (Å²) in [5.41, 5.74) is 5.05.